The number of para-hydroxylation sites is 1. The molecule has 0 amide bonds. The lowest BCUT2D eigenvalue weighted by atomic mass is 10.2. The molecule has 1 aromatic carbocycles. The molecule has 0 fully saturated rings. The first-order valence-electron chi connectivity index (χ1n) is 5.80. The Balaban J connectivity index is 2.47. The smallest absolute Gasteiger partial charge is 0.336 e. The van der Waals surface area contributed by atoms with Crippen LogP contribution in [-0.2, 0) is 14.3 Å². The van der Waals surface area contributed by atoms with Crippen LogP contribution in [0, 0.1) is 5.92 Å². The van der Waals surface area contributed by atoms with Crippen molar-refractivity contribution in [3.8, 4) is 5.75 Å². The summed E-state index contributed by atoms with van der Waals surface area (Å²) in [5.74, 6) is -0.777. The van der Waals surface area contributed by atoms with Crippen LogP contribution in [0.1, 0.15) is 13.8 Å². The molecular weight excluding hydrogens is 268 g/mol. The average molecular weight is 283 g/mol. The van der Waals surface area contributed by atoms with Gasteiger partial charge in [0.1, 0.15) is 5.75 Å². The molecule has 0 saturated heterocycles. The van der Waals surface area contributed by atoms with Gasteiger partial charge in [-0.3, -0.25) is 0 Å². The predicted molar refractivity (Wildman–Crippen MR) is 72.0 cm³/mol. The number of hydrogen-bond donors (Lipinski definition) is 0. The molecule has 0 unspecified atom stereocenters. The maximum absolute atomic E-state index is 11.4. The predicted octanol–water partition coefficient (Wildman–Crippen LogP) is 3.00. The van der Waals surface area contributed by atoms with Crippen molar-refractivity contribution in [2.24, 2.45) is 5.92 Å². The van der Waals surface area contributed by atoms with Gasteiger partial charge in [0.25, 0.3) is 0 Å². The second kappa shape index (κ2) is 7.59. The van der Waals surface area contributed by atoms with Gasteiger partial charge in [-0.05, 0) is 18.1 Å². The molecule has 0 heterocycles. The molecule has 0 aliphatic carbocycles. The van der Waals surface area contributed by atoms with Gasteiger partial charge in [0.2, 0.25) is 0 Å². The summed E-state index contributed by atoms with van der Waals surface area (Å²) in [6.07, 6.45) is 2.04. The summed E-state index contributed by atoms with van der Waals surface area (Å²) in [5.41, 5.74) is 0. The summed E-state index contributed by atoms with van der Waals surface area (Å²) >= 11 is 5.82. The molecule has 0 aromatic heterocycles. The van der Waals surface area contributed by atoms with Crippen molar-refractivity contribution >= 4 is 23.5 Å². The van der Waals surface area contributed by atoms with E-state index in [1.165, 1.54) is 0 Å². The van der Waals surface area contributed by atoms with E-state index in [2.05, 4.69) is 0 Å². The Morgan fingerprint density at radius 3 is 2.47 bits per heavy atom. The highest BCUT2D eigenvalue weighted by Gasteiger charge is 2.06. The minimum atomic E-state index is -0.686. The quantitative estimate of drug-likeness (QED) is 0.473. The van der Waals surface area contributed by atoms with Crippen LogP contribution >= 0.6 is 11.6 Å². The first kappa shape index (κ1) is 15.2. The second-order valence-corrected chi connectivity index (χ2v) is 4.62. The van der Waals surface area contributed by atoms with Crippen molar-refractivity contribution in [1.29, 1.82) is 0 Å². The lowest BCUT2D eigenvalue weighted by molar-refractivity contribution is -0.139. The molecule has 4 nitrogen and oxygen atoms in total. The number of carbonyl (C=O) groups is 2. The normalized spacial score (nSPS) is 10.7. The summed E-state index contributed by atoms with van der Waals surface area (Å²) < 4.78 is 9.82. The Morgan fingerprint density at radius 2 is 1.84 bits per heavy atom. The van der Waals surface area contributed by atoms with Gasteiger partial charge in [0, 0.05) is 12.2 Å². The monoisotopic (exact) mass is 282 g/mol. The SMILES string of the molecule is CC(C)COC(=O)/C=C/C(=O)Oc1ccccc1Cl. The number of halogens is 1. The molecule has 0 radical (unpaired) electrons. The topological polar surface area (TPSA) is 52.6 Å². The lowest BCUT2D eigenvalue weighted by Crippen LogP contribution is -2.09. The Morgan fingerprint density at radius 1 is 1.21 bits per heavy atom. The fraction of sp³-hybridized carbons (Fsp3) is 0.286. The molecule has 0 saturated carbocycles. The molecule has 1 aromatic rings. The molecule has 1 rings (SSSR count). The molecule has 0 atom stereocenters. The molecule has 0 aliphatic rings. The highest BCUT2D eigenvalue weighted by Crippen LogP contribution is 2.23. The number of ether oxygens (including phenoxy) is 2. The number of esters is 2. The average Bonchev–Trinajstić information content (AvgIpc) is 2.36. The summed E-state index contributed by atoms with van der Waals surface area (Å²) in [7, 11) is 0. The van der Waals surface area contributed by atoms with Gasteiger partial charge in [-0.15, -0.1) is 0 Å². The summed E-state index contributed by atoms with van der Waals surface area (Å²) in [6, 6.07) is 6.57. The van der Waals surface area contributed by atoms with Crippen LogP contribution in [0.3, 0.4) is 0 Å². The largest absolute Gasteiger partial charge is 0.462 e. The zero-order valence-electron chi connectivity index (χ0n) is 10.8. The van der Waals surface area contributed by atoms with Crippen LogP contribution in [-0.4, -0.2) is 18.5 Å². The molecule has 0 N–H and O–H groups in total. The van der Waals surface area contributed by atoms with E-state index in [1.807, 2.05) is 13.8 Å². The molecule has 0 aliphatic heterocycles. The van der Waals surface area contributed by atoms with E-state index < -0.39 is 11.9 Å². The number of benzene rings is 1. The van der Waals surface area contributed by atoms with Crippen LogP contribution in [0.15, 0.2) is 36.4 Å². The van der Waals surface area contributed by atoms with E-state index in [0.29, 0.717) is 11.6 Å². The lowest BCUT2D eigenvalue weighted by Gasteiger charge is -2.04. The van der Waals surface area contributed by atoms with E-state index >= 15 is 0 Å². The van der Waals surface area contributed by atoms with Gasteiger partial charge in [0.15, 0.2) is 0 Å². The van der Waals surface area contributed by atoms with Gasteiger partial charge in [0.05, 0.1) is 11.6 Å². The number of carbonyl (C=O) groups excluding carboxylic acids is 2. The zero-order chi connectivity index (χ0) is 14.3. The Bertz CT molecular complexity index is 480. The van der Waals surface area contributed by atoms with E-state index in [9.17, 15) is 9.59 Å². The first-order valence-corrected chi connectivity index (χ1v) is 6.18. The minimum Gasteiger partial charge on any atom is -0.462 e. The molecule has 0 spiro atoms. The Hall–Kier alpha value is -1.81. The fourth-order valence-corrected chi connectivity index (χ4v) is 1.28. The van der Waals surface area contributed by atoms with E-state index in [1.54, 1.807) is 24.3 Å². The fourth-order valence-electron chi connectivity index (χ4n) is 1.10. The highest BCUT2D eigenvalue weighted by atomic mass is 35.5. The molecule has 0 bridgehead atoms. The van der Waals surface area contributed by atoms with Crippen molar-refractivity contribution in [3.05, 3.63) is 41.4 Å². The van der Waals surface area contributed by atoms with Crippen molar-refractivity contribution in [1.82, 2.24) is 0 Å². The van der Waals surface area contributed by atoms with Gasteiger partial charge < -0.3 is 9.47 Å². The van der Waals surface area contributed by atoms with Gasteiger partial charge in [-0.2, -0.15) is 0 Å². The molecular formula is C14H15ClO4. The third kappa shape index (κ3) is 6.06. The third-order valence-corrected chi connectivity index (χ3v) is 2.27. The van der Waals surface area contributed by atoms with Gasteiger partial charge >= 0.3 is 11.9 Å². The highest BCUT2D eigenvalue weighted by molar-refractivity contribution is 6.32. The molecule has 5 heteroatoms. The van der Waals surface area contributed by atoms with E-state index in [0.717, 1.165) is 12.2 Å². The maximum Gasteiger partial charge on any atom is 0.336 e. The maximum atomic E-state index is 11.4. The Labute approximate surface area is 117 Å². The summed E-state index contributed by atoms with van der Waals surface area (Å²) in [5, 5.41) is 0.326. The van der Waals surface area contributed by atoms with Gasteiger partial charge in [-0.1, -0.05) is 37.6 Å². The molecule has 19 heavy (non-hydrogen) atoms. The first-order chi connectivity index (χ1) is 8.99. The third-order valence-electron chi connectivity index (χ3n) is 1.96. The van der Waals surface area contributed by atoms with Crippen LogP contribution in [0.2, 0.25) is 5.02 Å². The van der Waals surface area contributed by atoms with Crippen LogP contribution in [0.5, 0.6) is 5.75 Å². The number of rotatable bonds is 5. The Kier molecular flexibility index (Phi) is 6.09. The zero-order valence-corrected chi connectivity index (χ0v) is 11.5. The van der Waals surface area contributed by atoms with Crippen molar-refractivity contribution in [2.45, 2.75) is 13.8 Å². The van der Waals surface area contributed by atoms with E-state index in [-0.39, 0.29) is 11.7 Å². The van der Waals surface area contributed by atoms with E-state index in [4.69, 9.17) is 21.1 Å². The van der Waals surface area contributed by atoms with Crippen LogP contribution < -0.4 is 4.74 Å². The standard InChI is InChI=1S/C14H15ClO4/c1-10(2)9-18-13(16)7-8-14(17)19-12-6-4-3-5-11(12)15/h3-8,10H,9H2,1-2H3/b8-7+. The van der Waals surface area contributed by atoms with Crippen molar-refractivity contribution in [3.63, 3.8) is 0 Å². The van der Waals surface area contributed by atoms with Gasteiger partial charge in [-0.25, -0.2) is 9.59 Å². The summed E-state index contributed by atoms with van der Waals surface area (Å²) in [6.45, 7) is 4.15. The summed E-state index contributed by atoms with van der Waals surface area (Å²) in [4.78, 5) is 22.7. The minimum absolute atomic E-state index is 0.243. The van der Waals surface area contributed by atoms with Crippen LogP contribution in [0.25, 0.3) is 0 Å². The van der Waals surface area contributed by atoms with Crippen molar-refractivity contribution < 1.29 is 19.1 Å². The molecule has 102 valence electrons. The van der Waals surface area contributed by atoms with Crippen molar-refractivity contribution in [2.75, 3.05) is 6.61 Å². The van der Waals surface area contributed by atoms with Crippen LogP contribution in [0.4, 0.5) is 0 Å². The number of hydrogen-bond acceptors (Lipinski definition) is 4. The second-order valence-electron chi connectivity index (χ2n) is 4.21.